The third-order valence-electron chi connectivity index (χ3n) is 1.61. The van der Waals surface area contributed by atoms with E-state index < -0.39 is 0 Å². The van der Waals surface area contributed by atoms with Crippen molar-refractivity contribution in [1.29, 1.82) is 0 Å². The molecule has 0 amide bonds. The normalized spacial score (nSPS) is 14.4. The Morgan fingerprint density at radius 2 is 2.21 bits per heavy atom. The fraction of sp³-hybridized carbons (Fsp3) is 0.750. The number of carbonyl (C=O) groups excluding carboxylic acids is 1. The zero-order valence-corrected chi connectivity index (χ0v) is 8.44. The molecule has 14 heavy (non-hydrogen) atoms. The molecule has 6 nitrogen and oxygen atoms in total. The Morgan fingerprint density at radius 3 is 2.64 bits per heavy atom. The van der Waals surface area contributed by atoms with Crippen LogP contribution in [-0.2, 0) is 4.79 Å². The Bertz CT molecular complexity index is 188. The third-order valence-corrected chi connectivity index (χ3v) is 1.61. The number of nitrogens with one attached hydrogen (secondary N) is 1. The van der Waals surface area contributed by atoms with Crippen LogP contribution in [0.5, 0.6) is 0 Å². The van der Waals surface area contributed by atoms with Gasteiger partial charge in [0.15, 0.2) is 5.96 Å². The van der Waals surface area contributed by atoms with E-state index in [2.05, 4.69) is 10.3 Å². The van der Waals surface area contributed by atoms with Crippen molar-refractivity contribution in [2.45, 2.75) is 32.0 Å². The van der Waals surface area contributed by atoms with E-state index in [9.17, 15) is 4.79 Å². The standard InChI is InChI=1S/C8H19N5O/c1-6(9)13-7(5-14)3-2-4-12-8(10)11/h5-7,13H,2-4,9H2,1H3,(H4,10,11,12)/t6-,7?/m0/s1. The van der Waals surface area contributed by atoms with Crippen molar-refractivity contribution in [3.05, 3.63) is 0 Å². The summed E-state index contributed by atoms with van der Waals surface area (Å²) in [6, 6.07) is -0.218. The van der Waals surface area contributed by atoms with Gasteiger partial charge in [0, 0.05) is 6.54 Å². The van der Waals surface area contributed by atoms with Gasteiger partial charge >= 0.3 is 0 Å². The van der Waals surface area contributed by atoms with Gasteiger partial charge in [0.2, 0.25) is 0 Å². The molecule has 0 heterocycles. The van der Waals surface area contributed by atoms with E-state index in [1.54, 1.807) is 6.92 Å². The molecule has 0 aliphatic rings. The second-order valence-corrected chi connectivity index (χ2v) is 3.15. The van der Waals surface area contributed by atoms with Gasteiger partial charge in [-0.15, -0.1) is 0 Å². The molecule has 2 atom stereocenters. The fourth-order valence-electron chi connectivity index (χ4n) is 1.05. The van der Waals surface area contributed by atoms with Crippen LogP contribution in [-0.4, -0.2) is 31.0 Å². The number of guanidine groups is 1. The van der Waals surface area contributed by atoms with Crippen molar-refractivity contribution < 1.29 is 4.79 Å². The summed E-state index contributed by atoms with van der Waals surface area (Å²) in [6.45, 7) is 2.32. The van der Waals surface area contributed by atoms with E-state index in [-0.39, 0.29) is 18.2 Å². The van der Waals surface area contributed by atoms with Gasteiger partial charge < -0.3 is 22.0 Å². The second-order valence-electron chi connectivity index (χ2n) is 3.15. The second kappa shape index (κ2) is 7.28. The molecule has 0 aromatic heterocycles. The van der Waals surface area contributed by atoms with Crippen molar-refractivity contribution in [3.63, 3.8) is 0 Å². The summed E-state index contributed by atoms with van der Waals surface area (Å²) in [7, 11) is 0. The summed E-state index contributed by atoms with van der Waals surface area (Å²) in [6.07, 6.45) is 2.09. The summed E-state index contributed by atoms with van der Waals surface area (Å²) in [5.74, 6) is 0.0767. The van der Waals surface area contributed by atoms with E-state index in [0.29, 0.717) is 13.0 Å². The molecule has 0 aromatic carbocycles. The quantitative estimate of drug-likeness (QED) is 0.131. The molecular weight excluding hydrogens is 182 g/mol. The van der Waals surface area contributed by atoms with Crippen molar-refractivity contribution in [3.8, 4) is 0 Å². The molecule has 1 unspecified atom stereocenters. The number of carbonyl (C=O) groups is 1. The van der Waals surface area contributed by atoms with Gasteiger partial charge in [0.25, 0.3) is 0 Å². The highest BCUT2D eigenvalue weighted by Gasteiger charge is 2.07. The van der Waals surface area contributed by atoms with Gasteiger partial charge in [-0.3, -0.25) is 10.3 Å². The highest BCUT2D eigenvalue weighted by molar-refractivity contribution is 5.75. The van der Waals surface area contributed by atoms with Crippen LogP contribution in [0.1, 0.15) is 19.8 Å². The SMILES string of the molecule is C[C@@H](N)NC(C=O)CCCN=C(N)N. The summed E-state index contributed by atoms with van der Waals surface area (Å²) in [5, 5.41) is 2.92. The van der Waals surface area contributed by atoms with Crippen molar-refractivity contribution in [2.75, 3.05) is 6.54 Å². The molecule has 0 aromatic rings. The highest BCUT2D eigenvalue weighted by atomic mass is 16.1. The molecule has 7 N–H and O–H groups in total. The summed E-state index contributed by atoms with van der Waals surface area (Å²) in [4.78, 5) is 14.4. The fourth-order valence-corrected chi connectivity index (χ4v) is 1.05. The Morgan fingerprint density at radius 1 is 1.57 bits per heavy atom. The summed E-state index contributed by atoms with van der Waals surface area (Å²) < 4.78 is 0. The first-order valence-electron chi connectivity index (χ1n) is 4.58. The monoisotopic (exact) mass is 201 g/mol. The van der Waals surface area contributed by atoms with Crippen LogP contribution < -0.4 is 22.5 Å². The molecule has 0 rings (SSSR count). The van der Waals surface area contributed by atoms with E-state index in [0.717, 1.165) is 12.7 Å². The van der Waals surface area contributed by atoms with Gasteiger partial charge in [0.05, 0.1) is 12.2 Å². The number of aliphatic imine (C=N–C) groups is 1. The van der Waals surface area contributed by atoms with E-state index in [4.69, 9.17) is 17.2 Å². The highest BCUT2D eigenvalue weighted by Crippen LogP contribution is 1.95. The Hall–Kier alpha value is -1.14. The van der Waals surface area contributed by atoms with Crippen LogP contribution in [0.25, 0.3) is 0 Å². The predicted molar refractivity (Wildman–Crippen MR) is 56.5 cm³/mol. The lowest BCUT2D eigenvalue weighted by Crippen LogP contribution is -2.42. The molecule has 82 valence electrons. The maximum absolute atomic E-state index is 10.6. The average molecular weight is 201 g/mol. The molecule has 0 fully saturated rings. The van der Waals surface area contributed by atoms with Crippen LogP contribution in [0.4, 0.5) is 0 Å². The smallest absolute Gasteiger partial charge is 0.185 e. The zero-order valence-electron chi connectivity index (χ0n) is 8.44. The predicted octanol–water partition coefficient (Wildman–Crippen LogP) is -1.50. The maximum atomic E-state index is 10.6. The van der Waals surface area contributed by atoms with Crippen LogP contribution in [0, 0.1) is 0 Å². The first kappa shape index (κ1) is 12.9. The molecule has 0 saturated heterocycles. The topological polar surface area (TPSA) is 120 Å². The number of rotatable bonds is 7. The molecule has 0 saturated carbocycles. The summed E-state index contributed by atoms with van der Waals surface area (Å²) in [5.41, 5.74) is 15.8. The maximum Gasteiger partial charge on any atom is 0.185 e. The lowest BCUT2D eigenvalue weighted by atomic mass is 10.2. The minimum Gasteiger partial charge on any atom is -0.370 e. The van der Waals surface area contributed by atoms with Crippen LogP contribution in [0.15, 0.2) is 4.99 Å². The van der Waals surface area contributed by atoms with Gasteiger partial charge in [-0.1, -0.05) is 0 Å². The minimum atomic E-state index is -0.218. The third kappa shape index (κ3) is 7.51. The number of nitrogens with zero attached hydrogens (tertiary/aromatic N) is 1. The molecular formula is C8H19N5O. The Balaban J connectivity index is 3.63. The summed E-state index contributed by atoms with van der Waals surface area (Å²) >= 11 is 0. The number of hydrogen-bond acceptors (Lipinski definition) is 4. The molecule has 0 aliphatic carbocycles. The van der Waals surface area contributed by atoms with Gasteiger partial charge in [-0.25, -0.2) is 0 Å². The zero-order chi connectivity index (χ0) is 11.0. The number of hydrogen-bond donors (Lipinski definition) is 4. The Kier molecular flexibility index (Phi) is 6.69. The van der Waals surface area contributed by atoms with Crippen molar-refractivity contribution in [1.82, 2.24) is 5.32 Å². The van der Waals surface area contributed by atoms with E-state index in [1.165, 1.54) is 0 Å². The number of aldehydes is 1. The first-order valence-corrected chi connectivity index (χ1v) is 4.58. The Labute approximate surface area is 83.9 Å². The first-order chi connectivity index (χ1) is 6.56. The van der Waals surface area contributed by atoms with Gasteiger partial charge in [-0.05, 0) is 19.8 Å². The van der Waals surface area contributed by atoms with E-state index in [1.807, 2.05) is 0 Å². The van der Waals surface area contributed by atoms with Crippen molar-refractivity contribution >= 4 is 12.2 Å². The van der Waals surface area contributed by atoms with Crippen LogP contribution >= 0.6 is 0 Å². The molecule has 0 radical (unpaired) electrons. The van der Waals surface area contributed by atoms with Gasteiger partial charge in [0.1, 0.15) is 6.29 Å². The lowest BCUT2D eigenvalue weighted by Gasteiger charge is -2.14. The molecule has 0 spiro atoms. The van der Waals surface area contributed by atoms with E-state index >= 15 is 0 Å². The number of nitrogens with two attached hydrogens (primary N) is 3. The molecule has 0 aliphatic heterocycles. The average Bonchev–Trinajstić information content (AvgIpc) is 2.09. The molecule has 6 heteroatoms. The van der Waals surface area contributed by atoms with Crippen molar-refractivity contribution in [2.24, 2.45) is 22.2 Å². The lowest BCUT2D eigenvalue weighted by molar-refractivity contribution is -0.109. The molecule has 0 bridgehead atoms. The van der Waals surface area contributed by atoms with Gasteiger partial charge in [-0.2, -0.15) is 0 Å². The van der Waals surface area contributed by atoms with Crippen LogP contribution in [0.2, 0.25) is 0 Å². The largest absolute Gasteiger partial charge is 0.370 e. The van der Waals surface area contributed by atoms with Crippen LogP contribution in [0.3, 0.4) is 0 Å². The minimum absolute atomic E-state index is 0.0767.